The third kappa shape index (κ3) is 8.20. The van der Waals surface area contributed by atoms with Crippen molar-refractivity contribution in [2.24, 2.45) is 5.92 Å². The minimum atomic E-state index is -2.18. The number of hydrogen-bond acceptors (Lipinski definition) is 10. The van der Waals surface area contributed by atoms with Gasteiger partial charge >= 0.3 is 18.0 Å². The zero-order valence-electron chi connectivity index (χ0n) is 15.2. The van der Waals surface area contributed by atoms with Gasteiger partial charge in [0.15, 0.2) is 12.4 Å². The highest BCUT2D eigenvalue weighted by Gasteiger charge is 2.47. The molecule has 0 aliphatic carbocycles. The first-order chi connectivity index (χ1) is 12.6. The number of carbonyl (C=O) groups excluding carboxylic acids is 3. The van der Waals surface area contributed by atoms with Crippen LogP contribution in [0, 0.1) is 5.92 Å². The lowest BCUT2D eigenvalue weighted by Gasteiger charge is -2.42. The van der Waals surface area contributed by atoms with Crippen molar-refractivity contribution in [1.82, 2.24) is 5.32 Å². The average Bonchev–Trinajstić information content (AvgIpc) is 2.55. The summed E-state index contributed by atoms with van der Waals surface area (Å²) < 4.78 is 41.2. The van der Waals surface area contributed by atoms with Crippen molar-refractivity contribution in [2.45, 2.75) is 51.8 Å². The number of hydrogen-bond donors (Lipinski definition) is 2. The van der Waals surface area contributed by atoms with Crippen molar-refractivity contribution >= 4 is 29.1 Å². The molecule has 0 aromatic rings. The highest BCUT2D eigenvalue weighted by molar-refractivity contribution is 7.79. The fourth-order valence-electron chi connectivity index (χ4n) is 2.52. The highest BCUT2D eigenvalue weighted by Crippen LogP contribution is 2.29. The Bertz CT molecular complexity index is 557. The molecule has 1 aliphatic heterocycles. The van der Waals surface area contributed by atoms with Gasteiger partial charge in [-0.25, -0.2) is 4.79 Å². The van der Waals surface area contributed by atoms with Crippen LogP contribution < -0.4 is 5.32 Å². The molecule has 0 saturated carbocycles. The first kappa shape index (κ1) is 23.3. The Kier molecular flexibility index (Phi) is 9.63. The molecule has 27 heavy (non-hydrogen) atoms. The first-order valence-electron chi connectivity index (χ1n) is 8.26. The Balaban J connectivity index is 2.60. The van der Waals surface area contributed by atoms with Gasteiger partial charge in [0.05, 0.1) is 0 Å². The van der Waals surface area contributed by atoms with Crippen LogP contribution in [-0.2, 0) is 39.6 Å². The molecular formula is C15H24NO10S-. The minimum Gasteiger partial charge on any atom is -0.772 e. The SMILES string of the molecule is CC(=O)O[C@@H]1[C@@H](OC(C)=O)[C@H](C)[C@@H](COC(=O)NCCCS(=O)[O-])O[C@@H]1O. The van der Waals surface area contributed by atoms with Crippen molar-refractivity contribution in [3.63, 3.8) is 0 Å². The van der Waals surface area contributed by atoms with E-state index in [-0.39, 0.29) is 25.3 Å². The van der Waals surface area contributed by atoms with E-state index < -0.39 is 59.6 Å². The van der Waals surface area contributed by atoms with Gasteiger partial charge < -0.3 is 33.9 Å². The van der Waals surface area contributed by atoms with Crippen molar-refractivity contribution in [2.75, 3.05) is 18.9 Å². The van der Waals surface area contributed by atoms with E-state index in [1.807, 2.05) is 0 Å². The van der Waals surface area contributed by atoms with Crippen LogP contribution in [0.1, 0.15) is 27.2 Å². The molecule has 0 aromatic heterocycles. The first-order valence-corrected chi connectivity index (χ1v) is 9.50. The Hall–Kier alpha value is -1.76. The number of nitrogens with one attached hydrogen (secondary N) is 1. The second kappa shape index (κ2) is 11.2. The molecule has 11 nitrogen and oxygen atoms in total. The van der Waals surface area contributed by atoms with Crippen molar-refractivity contribution in [3.05, 3.63) is 0 Å². The number of aliphatic hydroxyl groups excluding tert-OH is 1. The van der Waals surface area contributed by atoms with Gasteiger partial charge in [-0.2, -0.15) is 0 Å². The molecule has 2 N–H and O–H groups in total. The molecule has 1 heterocycles. The molecule has 0 radical (unpaired) electrons. The lowest BCUT2D eigenvalue weighted by atomic mass is 9.90. The van der Waals surface area contributed by atoms with Crippen LogP contribution in [0.15, 0.2) is 0 Å². The van der Waals surface area contributed by atoms with Crippen molar-refractivity contribution in [1.29, 1.82) is 0 Å². The van der Waals surface area contributed by atoms with Crippen molar-refractivity contribution < 1.29 is 47.2 Å². The quantitative estimate of drug-likeness (QED) is 0.224. The zero-order valence-corrected chi connectivity index (χ0v) is 16.1. The normalized spacial score (nSPS) is 28.7. The van der Waals surface area contributed by atoms with E-state index in [0.717, 1.165) is 6.92 Å². The number of ether oxygens (including phenoxy) is 4. The van der Waals surface area contributed by atoms with Crippen LogP contribution in [0.25, 0.3) is 0 Å². The van der Waals surface area contributed by atoms with E-state index in [9.17, 15) is 28.3 Å². The van der Waals surface area contributed by atoms with E-state index >= 15 is 0 Å². The summed E-state index contributed by atoms with van der Waals surface area (Å²) in [5, 5.41) is 12.4. The molecular weight excluding hydrogens is 386 g/mol. The molecule has 1 amide bonds. The molecule has 1 aliphatic rings. The standard InChI is InChI=1S/C15H25NO10S/c1-8-11(7-23-15(20)16-5-4-6-27(21)22)26-14(19)13(25-10(3)18)12(8)24-9(2)17/h8,11-14,19H,4-7H2,1-3H3,(H,16,20)(H,21,22)/p-1/t8-,11-,12+,13-,14+/m1/s1. The molecule has 1 fully saturated rings. The Morgan fingerprint density at radius 2 is 1.78 bits per heavy atom. The van der Waals surface area contributed by atoms with E-state index in [2.05, 4.69) is 5.32 Å². The largest absolute Gasteiger partial charge is 0.772 e. The summed E-state index contributed by atoms with van der Waals surface area (Å²) in [5.74, 6) is -1.96. The molecule has 6 atom stereocenters. The van der Waals surface area contributed by atoms with Crippen LogP contribution in [-0.4, -0.2) is 75.4 Å². The number of rotatable bonds is 8. The molecule has 0 spiro atoms. The molecule has 1 unspecified atom stereocenters. The molecule has 1 saturated heterocycles. The van der Waals surface area contributed by atoms with E-state index in [1.165, 1.54) is 6.92 Å². The summed E-state index contributed by atoms with van der Waals surface area (Å²) in [5.41, 5.74) is 0. The molecule has 0 aromatic carbocycles. The Morgan fingerprint density at radius 3 is 2.33 bits per heavy atom. The lowest BCUT2D eigenvalue weighted by molar-refractivity contribution is -0.279. The summed E-state index contributed by atoms with van der Waals surface area (Å²) >= 11 is -2.18. The van der Waals surface area contributed by atoms with Crippen LogP contribution >= 0.6 is 0 Å². The third-order valence-electron chi connectivity index (χ3n) is 3.76. The van der Waals surface area contributed by atoms with Crippen LogP contribution in [0.3, 0.4) is 0 Å². The van der Waals surface area contributed by atoms with Gasteiger partial charge in [0.25, 0.3) is 0 Å². The summed E-state index contributed by atoms with van der Waals surface area (Å²) in [6.07, 6.45) is -5.14. The Morgan fingerprint density at radius 1 is 1.19 bits per heavy atom. The van der Waals surface area contributed by atoms with Gasteiger partial charge in [0.1, 0.15) is 18.8 Å². The predicted octanol–water partition coefficient (Wildman–Crippen LogP) is -0.801. The maximum atomic E-state index is 11.6. The van der Waals surface area contributed by atoms with Crippen LogP contribution in [0.4, 0.5) is 4.79 Å². The second-order valence-corrected chi connectivity index (χ2v) is 6.97. The van der Waals surface area contributed by atoms with E-state index in [4.69, 9.17) is 18.9 Å². The third-order valence-corrected chi connectivity index (χ3v) is 4.39. The van der Waals surface area contributed by atoms with Gasteiger partial charge in [-0.3, -0.25) is 13.8 Å². The number of alkyl carbamates (subject to hydrolysis) is 1. The number of carbonyl (C=O) groups is 3. The molecule has 1 rings (SSSR count). The van der Waals surface area contributed by atoms with Crippen LogP contribution in [0.5, 0.6) is 0 Å². The predicted molar refractivity (Wildman–Crippen MR) is 88.9 cm³/mol. The number of esters is 2. The Labute approximate surface area is 159 Å². The summed E-state index contributed by atoms with van der Waals surface area (Å²) in [6.45, 7) is 3.80. The van der Waals surface area contributed by atoms with E-state index in [0.29, 0.717) is 0 Å². The van der Waals surface area contributed by atoms with Crippen LogP contribution in [0.2, 0.25) is 0 Å². The van der Waals surface area contributed by atoms with E-state index in [1.54, 1.807) is 6.92 Å². The zero-order chi connectivity index (χ0) is 20.6. The maximum absolute atomic E-state index is 11.6. The van der Waals surface area contributed by atoms with Gasteiger partial charge in [-0.1, -0.05) is 18.0 Å². The number of aliphatic hydroxyl groups is 1. The van der Waals surface area contributed by atoms with Gasteiger partial charge in [0.2, 0.25) is 0 Å². The lowest BCUT2D eigenvalue weighted by Crippen LogP contribution is -2.57. The summed E-state index contributed by atoms with van der Waals surface area (Å²) in [6, 6.07) is 0. The average molecular weight is 410 g/mol. The maximum Gasteiger partial charge on any atom is 0.407 e. The van der Waals surface area contributed by atoms with Gasteiger partial charge in [-0.15, -0.1) is 0 Å². The van der Waals surface area contributed by atoms with Gasteiger partial charge in [0, 0.05) is 32.1 Å². The fourth-order valence-corrected chi connectivity index (χ4v) is 2.90. The topological polar surface area (TPSA) is 161 Å². The fraction of sp³-hybridized carbons (Fsp3) is 0.800. The monoisotopic (exact) mass is 410 g/mol. The van der Waals surface area contributed by atoms with Gasteiger partial charge in [-0.05, 0) is 6.42 Å². The molecule has 0 bridgehead atoms. The molecule has 12 heteroatoms. The summed E-state index contributed by atoms with van der Waals surface area (Å²) in [4.78, 5) is 34.2. The second-order valence-electron chi connectivity index (χ2n) is 5.96. The summed E-state index contributed by atoms with van der Waals surface area (Å²) in [7, 11) is 0. The van der Waals surface area contributed by atoms with Crippen molar-refractivity contribution in [3.8, 4) is 0 Å². The minimum absolute atomic E-state index is 0.0865. The smallest absolute Gasteiger partial charge is 0.407 e. The highest BCUT2D eigenvalue weighted by atomic mass is 32.2. The number of amides is 1. The molecule has 156 valence electrons.